The lowest BCUT2D eigenvalue weighted by atomic mass is 10.2. The number of benzene rings is 1. The third kappa shape index (κ3) is 4.35. The third-order valence-corrected chi connectivity index (χ3v) is 5.05. The van der Waals surface area contributed by atoms with Crippen LogP contribution >= 0.6 is 0 Å². The number of allylic oxidation sites excluding steroid dienone is 3. The first kappa shape index (κ1) is 22.3. The summed E-state index contributed by atoms with van der Waals surface area (Å²) in [7, 11) is 0. The number of aromatic nitrogens is 5. The van der Waals surface area contributed by atoms with Gasteiger partial charge in [-0.15, -0.1) is 0 Å². The summed E-state index contributed by atoms with van der Waals surface area (Å²) >= 11 is 0. The molecule has 3 heterocycles. The van der Waals surface area contributed by atoms with E-state index in [2.05, 4.69) is 15.4 Å². The van der Waals surface area contributed by atoms with Gasteiger partial charge >= 0.3 is 0 Å². The van der Waals surface area contributed by atoms with Crippen LogP contribution in [0.5, 0.6) is 0 Å². The number of aryl methyl sites for hydroxylation is 1. The van der Waals surface area contributed by atoms with Crippen molar-refractivity contribution in [3.63, 3.8) is 0 Å². The Kier molecular flexibility index (Phi) is 5.84. The van der Waals surface area contributed by atoms with Crippen LogP contribution in [0.4, 0.5) is 5.69 Å². The maximum absolute atomic E-state index is 12.3. The molecular formula is C24H23N9O. The fourth-order valence-corrected chi connectivity index (χ4v) is 3.45. The highest BCUT2D eigenvalue weighted by molar-refractivity contribution is 5.97. The summed E-state index contributed by atoms with van der Waals surface area (Å²) in [5, 5.41) is 16.6. The van der Waals surface area contributed by atoms with Gasteiger partial charge in [0, 0.05) is 17.1 Å². The van der Waals surface area contributed by atoms with Crippen molar-refractivity contribution in [1.29, 1.82) is 5.26 Å². The molecule has 0 fully saturated rings. The number of anilines is 1. The molecule has 0 saturated heterocycles. The first-order valence-electron chi connectivity index (χ1n) is 10.4. The van der Waals surface area contributed by atoms with Gasteiger partial charge < -0.3 is 16.8 Å². The molecule has 10 heteroatoms. The zero-order valence-corrected chi connectivity index (χ0v) is 18.9. The normalized spacial score (nSPS) is 12.1. The van der Waals surface area contributed by atoms with Gasteiger partial charge in [-0.1, -0.05) is 0 Å². The minimum Gasteiger partial charge on any atom is -0.402 e. The highest BCUT2D eigenvalue weighted by Crippen LogP contribution is 2.24. The van der Waals surface area contributed by atoms with Gasteiger partial charge in [-0.2, -0.15) is 10.4 Å². The van der Waals surface area contributed by atoms with Gasteiger partial charge in [0.15, 0.2) is 17.3 Å². The number of Topliss-reactive ketones (excluding diaryl/α,β-unsaturated/α-hetero) is 1. The number of nitrogens with two attached hydrogens (primary N) is 2. The number of carbonyl (C=O) groups is 1. The summed E-state index contributed by atoms with van der Waals surface area (Å²) in [6.07, 6.45) is 5.06. The predicted molar refractivity (Wildman–Crippen MR) is 129 cm³/mol. The van der Waals surface area contributed by atoms with Gasteiger partial charge in [0.05, 0.1) is 16.6 Å². The van der Waals surface area contributed by atoms with Crippen molar-refractivity contribution in [2.75, 3.05) is 5.32 Å². The van der Waals surface area contributed by atoms with E-state index in [0.717, 1.165) is 16.7 Å². The molecule has 0 saturated carbocycles. The van der Waals surface area contributed by atoms with Gasteiger partial charge in [-0.05, 0) is 69.3 Å². The number of nitrogens with zero attached hydrogens (tertiary/aromatic N) is 6. The smallest absolute Gasteiger partial charge is 0.166 e. The summed E-state index contributed by atoms with van der Waals surface area (Å²) in [5.41, 5.74) is 16.0. The summed E-state index contributed by atoms with van der Waals surface area (Å²) in [5.74, 6) is 1.16. The topological polar surface area (TPSA) is 153 Å². The number of pyridine rings is 1. The maximum atomic E-state index is 12.3. The molecule has 0 spiro atoms. The Labute approximate surface area is 195 Å². The summed E-state index contributed by atoms with van der Waals surface area (Å²) < 4.78 is 3.31. The molecule has 10 nitrogen and oxygen atoms in total. The largest absolute Gasteiger partial charge is 0.402 e. The van der Waals surface area contributed by atoms with Gasteiger partial charge in [0.1, 0.15) is 24.0 Å². The monoisotopic (exact) mass is 453 g/mol. The van der Waals surface area contributed by atoms with Crippen LogP contribution in [0.15, 0.2) is 66.4 Å². The van der Waals surface area contributed by atoms with Gasteiger partial charge in [-0.3, -0.25) is 9.36 Å². The van der Waals surface area contributed by atoms with Crippen molar-refractivity contribution in [2.24, 2.45) is 11.5 Å². The zero-order valence-electron chi connectivity index (χ0n) is 18.9. The van der Waals surface area contributed by atoms with Crippen LogP contribution in [0.2, 0.25) is 0 Å². The van der Waals surface area contributed by atoms with Crippen molar-refractivity contribution < 1.29 is 4.79 Å². The van der Waals surface area contributed by atoms with E-state index in [0.29, 0.717) is 34.4 Å². The van der Waals surface area contributed by atoms with Crippen molar-refractivity contribution in [1.82, 2.24) is 24.3 Å². The van der Waals surface area contributed by atoms with Crippen LogP contribution < -0.4 is 16.8 Å². The molecule has 4 rings (SSSR count). The van der Waals surface area contributed by atoms with E-state index >= 15 is 0 Å². The SMILES string of the molecule is CC(=O)c1ccc(-n2cnc3ccc(N/C(N)=C/C=C(/C)N)cc32)nc1-n1nc(C#N)cc1C. The molecule has 0 bridgehead atoms. The van der Waals surface area contributed by atoms with Crippen molar-refractivity contribution in [3.05, 3.63) is 83.3 Å². The second kappa shape index (κ2) is 8.91. The van der Waals surface area contributed by atoms with E-state index in [1.807, 2.05) is 28.8 Å². The predicted octanol–water partition coefficient (Wildman–Crippen LogP) is 3.06. The molecule has 4 aromatic rings. The number of nitriles is 1. The van der Waals surface area contributed by atoms with Crippen molar-refractivity contribution in [2.45, 2.75) is 20.8 Å². The van der Waals surface area contributed by atoms with Crippen LogP contribution in [-0.4, -0.2) is 30.1 Å². The van der Waals surface area contributed by atoms with E-state index in [4.69, 9.17) is 16.5 Å². The van der Waals surface area contributed by atoms with Crippen LogP contribution in [0.3, 0.4) is 0 Å². The van der Waals surface area contributed by atoms with Crippen molar-refractivity contribution >= 4 is 22.5 Å². The molecule has 0 atom stereocenters. The molecule has 0 unspecified atom stereocenters. The number of imidazole rings is 1. The van der Waals surface area contributed by atoms with Crippen LogP contribution in [0.1, 0.15) is 35.6 Å². The van der Waals surface area contributed by atoms with Crippen molar-refractivity contribution in [3.8, 4) is 17.7 Å². The first-order chi connectivity index (χ1) is 16.3. The quantitative estimate of drug-likeness (QED) is 0.297. The standard InChI is InChI=1S/C24H23N9O/c1-14(26)4-8-22(27)29-17-5-7-20-21(11-17)32(13-28-20)23-9-6-19(16(3)34)24(30-23)33-15(2)10-18(12-25)31-33/h4-11,13,29H,26-27H2,1-3H3/b14-4-,22-8+. The molecule has 0 amide bonds. The van der Waals surface area contributed by atoms with Gasteiger partial charge in [-0.25, -0.2) is 14.6 Å². The maximum Gasteiger partial charge on any atom is 0.166 e. The highest BCUT2D eigenvalue weighted by Gasteiger charge is 2.17. The molecule has 34 heavy (non-hydrogen) atoms. The van der Waals surface area contributed by atoms with E-state index < -0.39 is 0 Å². The molecule has 0 radical (unpaired) electrons. The lowest BCUT2D eigenvalue weighted by Gasteiger charge is -2.12. The number of carbonyl (C=O) groups excluding carboxylic acids is 1. The zero-order chi connectivity index (χ0) is 24.4. The molecule has 3 aromatic heterocycles. The molecular weight excluding hydrogens is 430 g/mol. The number of ketones is 1. The first-order valence-corrected chi connectivity index (χ1v) is 10.4. The summed E-state index contributed by atoms with van der Waals surface area (Å²) in [6, 6.07) is 12.7. The Bertz CT molecular complexity index is 1510. The van der Waals surface area contributed by atoms with E-state index in [9.17, 15) is 10.1 Å². The summed E-state index contributed by atoms with van der Waals surface area (Å²) in [6.45, 7) is 5.04. The average molecular weight is 454 g/mol. The van der Waals surface area contributed by atoms with Crippen LogP contribution in [0.25, 0.3) is 22.7 Å². The Morgan fingerprint density at radius 2 is 1.94 bits per heavy atom. The highest BCUT2D eigenvalue weighted by atomic mass is 16.1. The lowest BCUT2D eigenvalue weighted by Crippen LogP contribution is -2.11. The van der Waals surface area contributed by atoms with Gasteiger partial charge in [0.25, 0.3) is 0 Å². The number of nitrogens with one attached hydrogen (secondary N) is 1. The fourth-order valence-electron chi connectivity index (χ4n) is 3.45. The molecule has 170 valence electrons. The minimum atomic E-state index is -0.159. The van der Waals surface area contributed by atoms with E-state index in [-0.39, 0.29) is 11.5 Å². The van der Waals surface area contributed by atoms with E-state index in [1.54, 1.807) is 50.5 Å². The Morgan fingerprint density at radius 1 is 1.15 bits per heavy atom. The second-order valence-electron chi connectivity index (χ2n) is 7.77. The Balaban J connectivity index is 1.80. The number of fused-ring (bicyclic) bond motifs is 1. The fraction of sp³-hybridized carbons (Fsp3) is 0.125. The molecule has 1 aromatic carbocycles. The third-order valence-electron chi connectivity index (χ3n) is 5.05. The number of rotatable bonds is 6. The number of hydrogen-bond donors (Lipinski definition) is 3. The van der Waals surface area contributed by atoms with Crippen LogP contribution in [-0.2, 0) is 0 Å². The van der Waals surface area contributed by atoms with Gasteiger partial charge in [0.2, 0.25) is 0 Å². The Hall–Kier alpha value is -4.91. The summed E-state index contributed by atoms with van der Waals surface area (Å²) in [4.78, 5) is 21.5. The van der Waals surface area contributed by atoms with E-state index in [1.165, 1.54) is 11.6 Å². The molecule has 0 aliphatic carbocycles. The lowest BCUT2D eigenvalue weighted by molar-refractivity contribution is 0.101. The molecule has 5 N–H and O–H groups in total. The second-order valence-corrected chi connectivity index (χ2v) is 7.77. The molecule has 0 aliphatic rings. The molecule has 0 aliphatic heterocycles. The minimum absolute atomic E-state index is 0.159. The van der Waals surface area contributed by atoms with Crippen LogP contribution in [0, 0.1) is 18.3 Å². The average Bonchev–Trinajstić information content (AvgIpc) is 3.40. The number of hydrogen-bond acceptors (Lipinski definition) is 8. The Morgan fingerprint density at radius 3 is 2.62 bits per heavy atom.